The molecule has 0 aliphatic rings. The van der Waals surface area contributed by atoms with Crippen LogP contribution in [0.5, 0.6) is 23.0 Å². The lowest BCUT2D eigenvalue weighted by molar-refractivity contribution is -0.386. The molecule has 2 rings (SSSR count). The number of phenols is 1. The molecule has 0 fully saturated rings. The van der Waals surface area contributed by atoms with Crippen LogP contribution in [0.3, 0.4) is 0 Å². The van der Waals surface area contributed by atoms with Crippen LogP contribution >= 0.6 is 0 Å². The van der Waals surface area contributed by atoms with Gasteiger partial charge in [-0.3, -0.25) is 14.9 Å². The van der Waals surface area contributed by atoms with Gasteiger partial charge in [-0.25, -0.2) is 5.43 Å². The number of carbonyl (C=O) groups excluding carboxylic acids is 1. The largest absolute Gasteiger partial charge is 0.500 e. The van der Waals surface area contributed by atoms with Gasteiger partial charge in [-0.1, -0.05) is 12.1 Å². The highest BCUT2D eigenvalue weighted by Crippen LogP contribution is 2.36. The number of hydrogen-bond donors (Lipinski definition) is 2. The van der Waals surface area contributed by atoms with Gasteiger partial charge in [0, 0.05) is 11.6 Å². The van der Waals surface area contributed by atoms with Crippen LogP contribution in [0.25, 0.3) is 0 Å². The first-order chi connectivity index (χ1) is 14.0. The van der Waals surface area contributed by atoms with E-state index in [0.29, 0.717) is 18.1 Å². The number of nitrogens with one attached hydrogen (secondary N) is 1. The molecule has 0 atom stereocenters. The Morgan fingerprint density at radius 3 is 2.38 bits per heavy atom. The third-order valence-corrected chi connectivity index (χ3v) is 3.48. The second-order valence-corrected chi connectivity index (χ2v) is 5.54. The van der Waals surface area contributed by atoms with E-state index in [1.807, 2.05) is 6.92 Å². The zero-order chi connectivity index (χ0) is 21.2. The number of aromatic hydroxyl groups is 1. The quantitative estimate of drug-likeness (QED) is 0.354. The first-order valence-corrected chi connectivity index (χ1v) is 8.77. The number of nitrogens with zero attached hydrogens (tertiary/aromatic N) is 2. The van der Waals surface area contributed by atoms with Gasteiger partial charge in [0.15, 0.2) is 23.9 Å². The fourth-order valence-electron chi connectivity index (χ4n) is 2.29. The van der Waals surface area contributed by atoms with E-state index < -0.39 is 22.3 Å². The molecule has 0 bridgehead atoms. The van der Waals surface area contributed by atoms with E-state index in [-0.39, 0.29) is 24.5 Å². The summed E-state index contributed by atoms with van der Waals surface area (Å²) in [5.74, 6) is -0.217. The maximum absolute atomic E-state index is 11.9. The molecule has 1 amide bonds. The highest BCUT2D eigenvalue weighted by Gasteiger charge is 2.19. The van der Waals surface area contributed by atoms with E-state index in [1.165, 1.54) is 12.3 Å². The van der Waals surface area contributed by atoms with E-state index in [2.05, 4.69) is 10.5 Å². The molecule has 0 aliphatic carbocycles. The Morgan fingerprint density at radius 1 is 1.14 bits per heavy atom. The van der Waals surface area contributed by atoms with Crippen molar-refractivity contribution < 1.29 is 29.0 Å². The molecule has 154 valence electrons. The lowest BCUT2D eigenvalue weighted by Crippen LogP contribution is -2.24. The standard InChI is InChI=1S/C19H21N3O7/c1-3-27-15-7-5-6-8-16(15)29-12-18(23)21-20-11-13-9-14(22(25)26)19(24)17(10-13)28-4-2/h5-11,24H,3-4,12H2,1-2H3,(H,21,23). The van der Waals surface area contributed by atoms with E-state index in [4.69, 9.17) is 14.2 Å². The normalized spacial score (nSPS) is 10.6. The van der Waals surface area contributed by atoms with Crippen molar-refractivity contribution in [1.29, 1.82) is 0 Å². The van der Waals surface area contributed by atoms with Gasteiger partial charge in [0.1, 0.15) is 0 Å². The number of amides is 1. The molecule has 0 aliphatic heterocycles. The second-order valence-electron chi connectivity index (χ2n) is 5.54. The van der Waals surface area contributed by atoms with Crippen LogP contribution in [0.15, 0.2) is 41.5 Å². The number of benzene rings is 2. The number of nitro benzene ring substituents is 1. The summed E-state index contributed by atoms with van der Waals surface area (Å²) in [5, 5.41) is 24.7. The zero-order valence-electron chi connectivity index (χ0n) is 16.0. The number of nitro groups is 1. The number of carbonyl (C=O) groups is 1. The van der Waals surface area contributed by atoms with Crippen molar-refractivity contribution in [3.05, 3.63) is 52.1 Å². The Hall–Kier alpha value is -3.82. The van der Waals surface area contributed by atoms with E-state index >= 15 is 0 Å². The van der Waals surface area contributed by atoms with Crippen molar-refractivity contribution in [2.75, 3.05) is 19.8 Å². The smallest absolute Gasteiger partial charge is 0.315 e. The minimum atomic E-state index is -0.739. The Kier molecular flexibility index (Phi) is 7.78. The molecule has 0 spiro atoms. The second kappa shape index (κ2) is 10.5. The summed E-state index contributed by atoms with van der Waals surface area (Å²) in [4.78, 5) is 22.2. The average molecular weight is 403 g/mol. The Labute approximate surface area is 166 Å². The average Bonchev–Trinajstić information content (AvgIpc) is 2.69. The fourth-order valence-corrected chi connectivity index (χ4v) is 2.29. The number of para-hydroxylation sites is 2. The van der Waals surface area contributed by atoms with E-state index in [0.717, 1.165) is 6.07 Å². The topological polar surface area (TPSA) is 133 Å². The molecule has 2 N–H and O–H groups in total. The van der Waals surface area contributed by atoms with Crippen LogP contribution in [0.2, 0.25) is 0 Å². The van der Waals surface area contributed by atoms with Gasteiger partial charge >= 0.3 is 5.69 Å². The Morgan fingerprint density at radius 2 is 1.76 bits per heavy atom. The van der Waals surface area contributed by atoms with Crippen LogP contribution in [0.4, 0.5) is 5.69 Å². The molecule has 29 heavy (non-hydrogen) atoms. The molecule has 0 heterocycles. The first kappa shape index (κ1) is 21.5. The van der Waals surface area contributed by atoms with Crippen molar-refractivity contribution in [3.8, 4) is 23.0 Å². The molecular formula is C19H21N3O7. The summed E-state index contributed by atoms with van der Waals surface area (Å²) in [6.45, 7) is 3.88. The lowest BCUT2D eigenvalue weighted by atomic mass is 10.2. The number of rotatable bonds is 10. The molecule has 2 aromatic carbocycles. The maximum Gasteiger partial charge on any atom is 0.315 e. The first-order valence-electron chi connectivity index (χ1n) is 8.77. The van der Waals surface area contributed by atoms with Crippen LogP contribution < -0.4 is 19.6 Å². The summed E-state index contributed by atoms with van der Waals surface area (Å²) >= 11 is 0. The zero-order valence-corrected chi connectivity index (χ0v) is 16.0. The monoisotopic (exact) mass is 403 g/mol. The van der Waals surface area contributed by atoms with Crippen LogP contribution in [-0.4, -0.2) is 42.0 Å². The highest BCUT2D eigenvalue weighted by atomic mass is 16.6. The van der Waals surface area contributed by atoms with Gasteiger partial charge in [-0.05, 0) is 32.0 Å². The molecule has 2 aromatic rings. The fraction of sp³-hybridized carbons (Fsp3) is 0.263. The summed E-state index contributed by atoms with van der Waals surface area (Å²) in [6.07, 6.45) is 1.20. The Bertz CT molecular complexity index is 899. The minimum absolute atomic E-state index is 0.0506. The molecule has 10 heteroatoms. The minimum Gasteiger partial charge on any atom is -0.500 e. The van der Waals surface area contributed by atoms with Gasteiger partial charge < -0.3 is 19.3 Å². The van der Waals surface area contributed by atoms with Crippen molar-refractivity contribution in [1.82, 2.24) is 5.43 Å². The van der Waals surface area contributed by atoms with Crippen LogP contribution in [-0.2, 0) is 4.79 Å². The molecule has 10 nitrogen and oxygen atoms in total. The van der Waals surface area contributed by atoms with Crippen molar-refractivity contribution in [3.63, 3.8) is 0 Å². The predicted molar refractivity (Wildman–Crippen MR) is 105 cm³/mol. The summed E-state index contributed by atoms with van der Waals surface area (Å²) in [6, 6.07) is 9.42. The van der Waals surface area contributed by atoms with E-state index in [1.54, 1.807) is 31.2 Å². The van der Waals surface area contributed by atoms with Gasteiger partial charge in [0.2, 0.25) is 5.75 Å². The third kappa shape index (κ3) is 6.09. The molecule has 0 saturated carbocycles. The lowest BCUT2D eigenvalue weighted by Gasteiger charge is -2.10. The number of hydrazone groups is 1. The maximum atomic E-state index is 11.9. The molecular weight excluding hydrogens is 382 g/mol. The molecule has 0 radical (unpaired) electrons. The predicted octanol–water partition coefficient (Wildman–Crippen LogP) is 2.63. The number of hydrogen-bond acceptors (Lipinski definition) is 8. The van der Waals surface area contributed by atoms with Crippen LogP contribution in [0, 0.1) is 10.1 Å². The highest BCUT2D eigenvalue weighted by molar-refractivity contribution is 5.85. The Balaban J connectivity index is 2.00. The van der Waals surface area contributed by atoms with Crippen molar-refractivity contribution >= 4 is 17.8 Å². The summed E-state index contributed by atoms with van der Waals surface area (Å²) < 4.78 is 16.0. The summed E-state index contributed by atoms with van der Waals surface area (Å²) in [5.41, 5.74) is 2.00. The van der Waals surface area contributed by atoms with Crippen LogP contribution in [0.1, 0.15) is 19.4 Å². The summed E-state index contributed by atoms with van der Waals surface area (Å²) in [7, 11) is 0. The van der Waals surface area contributed by atoms with Crippen molar-refractivity contribution in [2.45, 2.75) is 13.8 Å². The van der Waals surface area contributed by atoms with E-state index in [9.17, 15) is 20.0 Å². The van der Waals surface area contributed by atoms with Crippen molar-refractivity contribution in [2.24, 2.45) is 5.10 Å². The molecule has 0 aromatic heterocycles. The number of phenolic OH excluding ortho intramolecular Hbond substituents is 1. The SMILES string of the molecule is CCOc1ccccc1OCC(=O)NN=Cc1cc(OCC)c(O)c([N+](=O)[O-])c1. The van der Waals surface area contributed by atoms with Gasteiger partial charge in [-0.15, -0.1) is 0 Å². The van der Waals surface area contributed by atoms with Gasteiger partial charge in [0.25, 0.3) is 5.91 Å². The van der Waals surface area contributed by atoms with Gasteiger partial charge in [0.05, 0.1) is 24.4 Å². The molecule has 0 unspecified atom stereocenters. The number of ether oxygens (including phenoxy) is 3. The third-order valence-electron chi connectivity index (χ3n) is 3.48. The van der Waals surface area contributed by atoms with Gasteiger partial charge in [-0.2, -0.15) is 5.10 Å². The molecule has 0 saturated heterocycles.